The molecule has 2 aromatic heterocycles. The molecule has 4 rings (SSSR count). The average molecular weight is 560 g/mol. The van der Waals surface area contributed by atoms with Crippen LogP contribution in [0.15, 0.2) is 42.7 Å². The van der Waals surface area contributed by atoms with Gasteiger partial charge in [0, 0.05) is 67.2 Å². The molecular weight excluding hydrogens is 531 g/mol. The number of alkyl halides is 3. The highest BCUT2D eigenvalue weighted by molar-refractivity contribution is 5.96. The van der Waals surface area contributed by atoms with Crippen molar-refractivity contribution in [3.05, 3.63) is 58.4 Å². The van der Waals surface area contributed by atoms with Crippen LogP contribution in [0.2, 0.25) is 0 Å². The number of nitro groups is 1. The average Bonchev–Trinajstić information content (AvgIpc) is 3.33. The summed E-state index contributed by atoms with van der Waals surface area (Å²) in [6.45, 7) is 1.16. The largest absolute Gasteiger partial charge is 0.497 e. The first-order valence-electron chi connectivity index (χ1n) is 12.0. The van der Waals surface area contributed by atoms with Gasteiger partial charge in [-0.25, -0.2) is 9.97 Å². The SMILES string of the molecule is COc1ccc2c(-c3nc(Nc4cc([N+](=O)[O-])c(N(C)CCN(C)C)cc4OC)ncc3C(F)(F)F)c[nH]c2c1. The van der Waals surface area contributed by atoms with Crippen LogP contribution in [0.3, 0.4) is 0 Å². The number of fused-ring (bicyclic) bond motifs is 1. The first kappa shape index (κ1) is 28.4. The Morgan fingerprint density at radius 2 is 1.85 bits per heavy atom. The van der Waals surface area contributed by atoms with Gasteiger partial charge < -0.3 is 29.6 Å². The number of ether oxygens (including phenoxy) is 2. The lowest BCUT2D eigenvalue weighted by Crippen LogP contribution is -2.29. The van der Waals surface area contributed by atoms with Crippen molar-refractivity contribution >= 4 is 33.9 Å². The van der Waals surface area contributed by atoms with Crippen LogP contribution in [-0.4, -0.2) is 73.2 Å². The number of rotatable bonds is 10. The molecule has 0 radical (unpaired) electrons. The van der Waals surface area contributed by atoms with E-state index in [0.29, 0.717) is 41.6 Å². The Kier molecular flexibility index (Phi) is 8.00. The quantitative estimate of drug-likeness (QED) is 0.197. The van der Waals surface area contributed by atoms with Crippen LogP contribution in [0.5, 0.6) is 11.5 Å². The Morgan fingerprint density at radius 1 is 1.10 bits per heavy atom. The molecular formula is C26H28F3N7O4. The van der Waals surface area contributed by atoms with Crippen LogP contribution in [0, 0.1) is 10.1 Å². The second-order valence-electron chi connectivity index (χ2n) is 9.22. The van der Waals surface area contributed by atoms with Crippen molar-refractivity contribution in [3.63, 3.8) is 0 Å². The number of hydrogen-bond donors (Lipinski definition) is 2. The number of nitrogens with one attached hydrogen (secondary N) is 2. The van der Waals surface area contributed by atoms with Gasteiger partial charge in [-0.15, -0.1) is 0 Å². The van der Waals surface area contributed by atoms with Gasteiger partial charge in [-0.3, -0.25) is 10.1 Å². The number of aromatic amines is 1. The number of methoxy groups -OCH3 is 2. The first-order valence-corrected chi connectivity index (χ1v) is 12.0. The zero-order chi connectivity index (χ0) is 29.2. The van der Waals surface area contributed by atoms with Crippen molar-refractivity contribution in [1.29, 1.82) is 0 Å². The van der Waals surface area contributed by atoms with Crippen LogP contribution in [0.1, 0.15) is 5.56 Å². The maximum absolute atomic E-state index is 14.0. The van der Waals surface area contributed by atoms with Gasteiger partial charge in [0.25, 0.3) is 5.69 Å². The molecule has 0 bridgehead atoms. The number of nitro benzene ring substituents is 1. The Labute approximate surface area is 227 Å². The molecule has 0 aliphatic rings. The summed E-state index contributed by atoms with van der Waals surface area (Å²) < 4.78 is 52.6. The molecule has 0 saturated heterocycles. The van der Waals surface area contributed by atoms with Gasteiger partial charge in [0.2, 0.25) is 5.95 Å². The molecule has 0 aliphatic carbocycles. The van der Waals surface area contributed by atoms with E-state index < -0.39 is 16.7 Å². The molecule has 2 heterocycles. The summed E-state index contributed by atoms with van der Waals surface area (Å²) in [5.74, 6) is 0.556. The van der Waals surface area contributed by atoms with Crippen molar-refractivity contribution in [2.45, 2.75) is 6.18 Å². The van der Waals surface area contributed by atoms with Crippen LogP contribution in [-0.2, 0) is 6.18 Å². The summed E-state index contributed by atoms with van der Waals surface area (Å²) in [7, 11) is 8.38. The highest BCUT2D eigenvalue weighted by Crippen LogP contribution is 2.41. The number of likely N-dealkylation sites (N-methyl/N-ethyl adjacent to an activating group) is 2. The molecule has 0 fully saturated rings. The zero-order valence-electron chi connectivity index (χ0n) is 22.5. The van der Waals surface area contributed by atoms with E-state index in [1.165, 1.54) is 32.5 Å². The van der Waals surface area contributed by atoms with Gasteiger partial charge in [0.15, 0.2) is 0 Å². The molecule has 2 N–H and O–H groups in total. The molecule has 2 aromatic carbocycles. The van der Waals surface area contributed by atoms with E-state index in [1.807, 2.05) is 19.0 Å². The molecule has 0 aliphatic heterocycles. The number of anilines is 3. The van der Waals surface area contributed by atoms with Crippen LogP contribution >= 0.6 is 0 Å². The topological polar surface area (TPSA) is 122 Å². The van der Waals surface area contributed by atoms with E-state index >= 15 is 0 Å². The van der Waals surface area contributed by atoms with E-state index in [-0.39, 0.29) is 34.3 Å². The molecule has 0 saturated carbocycles. The van der Waals surface area contributed by atoms with Crippen LogP contribution in [0.25, 0.3) is 22.2 Å². The number of H-pyrrole nitrogens is 1. The van der Waals surface area contributed by atoms with Crippen molar-refractivity contribution < 1.29 is 27.6 Å². The third kappa shape index (κ3) is 5.86. The van der Waals surface area contributed by atoms with E-state index in [2.05, 4.69) is 20.3 Å². The number of aromatic nitrogens is 3. The van der Waals surface area contributed by atoms with E-state index in [9.17, 15) is 23.3 Å². The minimum absolute atomic E-state index is 0.119. The summed E-state index contributed by atoms with van der Waals surface area (Å²) in [5, 5.41) is 15.2. The Morgan fingerprint density at radius 3 is 2.48 bits per heavy atom. The maximum Gasteiger partial charge on any atom is 0.419 e. The fourth-order valence-electron chi connectivity index (χ4n) is 4.15. The third-order valence-corrected chi connectivity index (χ3v) is 6.27. The smallest absolute Gasteiger partial charge is 0.419 e. The second-order valence-corrected chi connectivity index (χ2v) is 9.22. The van der Waals surface area contributed by atoms with Gasteiger partial charge in [0.1, 0.15) is 22.7 Å². The number of halogens is 3. The summed E-state index contributed by atoms with van der Waals surface area (Å²) in [6, 6.07) is 7.67. The molecule has 40 heavy (non-hydrogen) atoms. The Hall–Kier alpha value is -4.59. The highest BCUT2D eigenvalue weighted by Gasteiger charge is 2.36. The Bertz CT molecular complexity index is 1540. The van der Waals surface area contributed by atoms with Gasteiger partial charge in [-0.1, -0.05) is 0 Å². The van der Waals surface area contributed by atoms with Crippen molar-refractivity contribution in [3.8, 4) is 22.8 Å². The van der Waals surface area contributed by atoms with Crippen LogP contribution < -0.4 is 19.7 Å². The van der Waals surface area contributed by atoms with Gasteiger partial charge in [-0.2, -0.15) is 13.2 Å². The number of nitrogens with zero attached hydrogens (tertiary/aromatic N) is 5. The maximum atomic E-state index is 14.0. The van der Waals surface area contributed by atoms with E-state index in [4.69, 9.17) is 9.47 Å². The lowest BCUT2D eigenvalue weighted by atomic mass is 10.1. The molecule has 0 amide bonds. The molecule has 4 aromatic rings. The molecule has 212 valence electrons. The molecule has 0 spiro atoms. The first-order chi connectivity index (χ1) is 18.9. The fraction of sp³-hybridized carbons (Fsp3) is 0.308. The normalized spacial score (nSPS) is 11.6. The summed E-state index contributed by atoms with van der Waals surface area (Å²) >= 11 is 0. The molecule has 0 atom stereocenters. The molecule has 14 heteroatoms. The van der Waals surface area contributed by atoms with Crippen molar-refractivity contribution in [2.24, 2.45) is 0 Å². The highest BCUT2D eigenvalue weighted by atomic mass is 19.4. The fourth-order valence-corrected chi connectivity index (χ4v) is 4.15. The lowest BCUT2D eigenvalue weighted by molar-refractivity contribution is -0.384. The monoisotopic (exact) mass is 559 g/mol. The van der Waals surface area contributed by atoms with Gasteiger partial charge in [-0.05, 0) is 26.2 Å². The van der Waals surface area contributed by atoms with Crippen molar-refractivity contribution in [1.82, 2.24) is 19.9 Å². The minimum Gasteiger partial charge on any atom is -0.497 e. The van der Waals surface area contributed by atoms with Gasteiger partial charge >= 0.3 is 6.18 Å². The molecule has 11 nitrogen and oxygen atoms in total. The van der Waals surface area contributed by atoms with Crippen molar-refractivity contribution in [2.75, 3.05) is 58.7 Å². The Balaban J connectivity index is 1.79. The summed E-state index contributed by atoms with van der Waals surface area (Å²) in [4.78, 5) is 26.1. The summed E-state index contributed by atoms with van der Waals surface area (Å²) in [5.41, 5.74) is -0.429. The summed E-state index contributed by atoms with van der Waals surface area (Å²) in [6.07, 6.45) is -2.63. The third-order valence-electron chi connectivity index (χ3n) is 6.27. The lowest BCUT2D eigenvalue weighted by Gasteiger charge is -2.23. The number of hydrogen-bond acceptors (Lipinski definition) is 9. The van der Waals surface area contributed by atoms with Gasteiger partial charge in [0.05, 0.1) is 30.5 Å². The number of benzene rings is 2. The predicted octanol–water partition coefficient (Wildman–Crippen LogP) is 5.31. The predicted molar refractivity (Wildman–Crippen MR) is 146 cm³/mol. The van der Waals surface area contributed by atoms with E-state index in [0.717, 1.165) is 0 Å². The second kappa shape index (κ2) is 11.3. The minimum atomic E-state index is -4.74. The van der Waals surface area contributed by atoms with Crippen LogP contribution in [0.4, 0.5) is 36.2 Å². The standard InChI is InChI=1S/C26H28F3N7O4/c1-34(2)8-9-35(3)21-12-23(40-5)20(11-22(21)36(37)38)32-25-31-14-18(26(27,28)29)24(33-25)17-13-30-19-10-15(39-4)6-7-16(17)19/h6-7,10-14,30H,8-9H2,1-5H3,(H,31,32,33). The zero-order valence-corrected chi connectivity index (χ0v) is 22.5. The van der Waals surface area contributed by atoms with E-state index in [1.54, 1.807) is 30.1 Å². The molecule has 0 unspecified atom stereocenters.